The van der Waals surface area contributed by atoms with Gasteiger partial charge in [-0.15, -0.1) is 0 Å². The summed E-state index contributed by atoms with van der Waals surface area (Å²) in [6, 6.07) is 11.9. The molecule has 0 spiro atoms. The number of hydrogen-bond acceptors (Lipinski definition) is 4. The maximum atomic E-state index is 11.8. The largest absolute Gasteiger partial charge is 0.355 e. The monoisotopic (exact) mass is 444 g/mol. The quantitative estimate of drug-likeness (QED) is 0.357. The first kappa shape index (κ1) is 21.6. The summed E-state index contributed by atoms with van der Waals surface area (Å²) in [6.45, 7) is 8.43. The molecule has 0 bridgehead atoms. The van der Waals surface area contributed by atoms with Crippen LogP contribution in [0.3, 0.4) is 0 Å². The second kappa shape index (κ2) is 10.0. The molecule has 3 N–H and O–H groups in total. The number of amides is 2. The molecule has 0 heterocycles. The fraction of sp³-hybridized carbons (Fsp3) is 0.286. The van der Waals surface area contributed by atoms with Gasteiger partial charge in [0, 0.05) is 28.0 Å². The van der Waals surface area contributed by atoms with Crippen LogP contribution < -0.4 is 16.1 Å². The van der Waals surface area contributed by atoms with Crippen LogP contribution in [0.5, 0.6) is 0 Å². The summed E-state index contributed by atoms with van der Waals surface area (Å²) in [4.78, 5) is 23.5. The molecule has 2 aromatic rings. The Hall–Kier alpha value is -2.67. The molecule has 0 saturated carbocycles. The van der Waals surface area contributed by atoms with Crippen molar-refractivity contribution in [3.05, 3.63) is 57.6 Å². The Morgan fingerprint density at radius 1 is 1.07 bits per heavy atom. The number of hydrazone groups is 1. The van der Waals surface area contributed by atoms with Crippen LogP contribution in [0.1, 0.15) is 30.5 Å². The van der Waals surface area contributed by atoms with Crippen molar-refractivity contribution in [1.29, 1.82) is 0 Å². The van der Waals surface area contributed by atoms with Crippen LogP contribution in [0.25, 0.3) is 0 Å². The van der Waals surface area contributed by atoms with Crippen LogP contribution in [-0.4, -0.2) is 24.6 Å². The van der Waals surface area contributed by atoms with Gasteiger partial charge in [0.2, 0.25) is 0 Å². The minimum absolute atomic E-state index is 0.265. The van der Waals surface area contributed by atoms with Crippen molar-refractivity contribution >= 4 is 45.3 Å². The predicted octanol–water partition coefficient (Wildman–Crippen LogP) is 4.03. The number of carbonyl (C=O) groups excluding carboxylic acids is 2. The first-order valence-electron chi connectivity index (χ1n) is 9.00. The summed E-state index contributed by atoms with van der Waals surface area (Å²) in [5.41, 5.74) is 7.14. The van der Waals surface area contributed by atoms with Crippen molar-refractivity contribution in [3.63, 3.8) is 0 Å². The van der Waals surface area contributed by atoms with E-state index in [-0.39, 0.29) is 5.92 Å². The van der Waals surface area contributed by atoms with Gasteiger partial charge in [-0.25, -0.2) is 5.43 Å². The highest BCUT2D eigenvalue weighted by Crippen LogP contribution is 2.24. The molecule has 0 radical (unpaired) electrons. The Labute approximate surface area is 173 Å². The Morgan fingerprint density at radius 3 is 2.39 bits per heavy atom. The average molecular weight is 445 g/mol. The van der Waals surface area contributed by atoms with Gasteiger partial charge in [-0.1, -0.05) is 35.8 Å². The number of nitrogens with zero attached hydrogens (tertiary/aromatic N) is 1. The van der Waals surface area contributed by atoms with Crippen LogP contribution in [0, 0.1) is 19.8 Å². The van der Waals surface area contributed by atoms with E-state index in [1.54, 1.807) is 0 Å². The first-order chi connectivity index (χ1) is 13.2. The van der Waals surface area contributed by atoms with Crippen molar-refractivity contribution in [2.75, 3.05) is 11.9 Å². The standard InChI is InChI=1S/C21H25BrN4O2/c1-13(2)11-23-20(27)21(28)26-24-12-16-10-17(22)5-6-19(16)25-18-8-14(3)7-15(4)9-18/h5-10,12-13,25H,11H2,1-4H3,(H,23,27)(H,26,28)/b24-12-. The smallest absolute Gasteiger partial charge is 0.329 e. The molecule has 0 unspecified atom stereocenters. The van der Waals surface area contributed by atoms with Crippen molar-refractivity contribution in [2.24, 2.45) is 11.0 Å². The Kier molecular flexibility index (Phi) is 7.75. The highest BCUT2D eigenvalue weighted by molar-refractivity contribution is 9.10. The molecule has 28 heavy (non-hydrogen) atoms. The van der Waals surface area contributed by atoms with E-state index in [0.717, 1.165) is 32.5 Å². The second-order valence-electron chi connectivity index (χ2n) is 7.04. The van der Waals surface area contributed by atoms with Gasteiger partial charge in [-0.3, -0.25) is 9.59 Å². The third-order valence-corrected chi connectivity index (χ3v) is 4.25. The number of nitrogens with one attached hydrogen (secondary N) is 3. The average Bonchev–Trinajstić information content (AvgIpc) is 2.60. The van der Waals surface area contributed by atoms with E-state index in [1.165, 1.54) is 6.21 Å². The lowest BCUT2D eigenvalue weighted by molar-refractivity contribution is -0.139. The van der Waals surface area contributed by atoms with Crippen LogP contribution in [-0.2, 0) is 9.59 Å². The van der Waals surface area contributed by atoms with E-state index in [4.69, 9.17) is 0 Å². The normalized spacial score (nSPS) is 10.9. The number of halogens is 1. The molecule has 2 rings (SSSR count). The van der Waals surface area contributed by atoms with Crippen molar-refractivity contribution in [1.82, 2.24) is 10.7 Å². The fourth-order valence-electron chi connectivity index (χ4n) is 2.54. The molecule has 0 fully saturated rings. The minimum Gasteiger partial charge on any atom is -0.355 e. The molecule has 148 valence electrons. The third kappa shape index (κ3) is 6.81. The maximum absolute atomic E-state index is 11.8. The number of anilines is 2. The molecular formula is C21H25BrN4O2. The van der Waals surface area contributed by atoms with Gasteiger partial charge < -0.3 is 10.6 Å². The lowest BCUT2D eigenvalue weighted by atomic mass is 10.1. The van der Waals surface area contributed by atoms with E-state index in [2.05, 4.69) is 55.3 Å². The Bertz CT molecular complexity index is 874. The lowest BCUT2D eigenvalue weighted by Gasteiger charge is -2.12. The molecule has 0 aliphatic carbocycles. The second-order valence-corrected chi connectivity index (χ2v) is 7.95. The molecule has 0 atom stereocenters. The predicted molar refractivity (Wildman–Crippen MR) is 117 cm³/mol. The molecule has 0 aromatic heterocycles. The zero-order valence-electron chi connectivity index (χ0n) is 16.5. The third-order valence-electron chi connectivity index (χ3n) is 3.76. The summed E-state index contributed by atoms with van der Waals surface area (Å²) in [5, 5.41) is 9.84. The highest BCUT2D eigenvalue weighted by Gasteiger charge is 2.12. The van der Waals surface area contributed by atoms with Crippen molar-refractivity contribution in [2.45, 2.75) is 27.7 Å². The van der Waals surface area contributed by atoms with E-state index in [0.29, 0.717) is 6.54 Å². The van der Waals surface area contributed by atoms with E-state index in [1.807, 2.05) is 45.9 Å². The van der Waals surface area contributed by atoms with Crippen molar-refractivity contribution in [3.8, 4) is 0 Å². The molecule has 0 aliphatic heterocycles. The Morgan fingerprint density at radius 2 is 1.75 bits per heavy atom. The van der Waals surface area contributed by atoms with Gasteiger partial charge in [-0.05, 0) is 61.2 Å². The maximum Gasteiger partial charge on any atom is 0.329 e. The number of hydrogen-bond donors (Lipinski definition) is 3. The SMILES string of the molecule is Cc1cc(C)cc(Nc2ccc(Br)cc2/C=N\NC(=O)C(=O)NCC(C)C)c1. The van der Waals surface area contributed by atoms with Gasteiger partial charge >= 0.3 is 11.8 Å². The molecule has 7 heteroatoms. The molecule has 0 aliphatic rings. The lowest BCUT2D eigenvalue weighted by Crippen LogP contribution is -2.39. The van der Waals surface area contributed by atoms with E-state index in [9.17, 15) is 9.59 Å². The number of benzene rings is 2. The van der Waals surface area contributed by atoms with Crippen LogP contribution in [0.4, 0.5) is 11.4 Å². The molecule has 0 saturated heterocycles. The number of aryl methyl sites for hydroxylation is 2. The van der Waals surface area contributed by atoms with Crippen LogP contribution in [0.2, 0.25) is 0 Å². The molecule has 6 nitrogen and oxygen atoms in total. The van der Waals surface area contributed by atoms with E-state index < -0.39 is 11.8 Å². The zero-order chi connectivity index (χ0) is 20.7. The van der Waals surface area contributed by atoms with E-state index >= 15 is 0 Å². The highest BCUT2D eigenvalue weighted by atomic mass is 79.9. The van der Waals surface area contributed by atoms with Gasteiger partial charge in [0.25, 0.3) is 0 Å². The van der Waals surface area contributed by atoms with Gasteiger partial charge in [0.15, 0.2) is 0 Å². The minimum atomic E-state index is -0.796. The van der Waals surface area contributed by atoms with Gasteiger partial charge in [0.1, 0.15) is 0 Å². The summed E-state index contributed by atoms with van der Waals surface area (Å²) < 4.78 is 0.876. The van der Waals surface area contributed by atoms with Gasteiger partial charge in [0.05, 0.1) is 6.21 Å². The van der Waals surface area contributed by atoms with Crippen LogP contribution >= 0.6 is 15.9 Å². The molecule has 2 aromatic carbocycles. The fourth-order valence-corrected chi connectivity index (χ4v) is 2.92. The topological polar surface area (TPSA) is 82.6 Å². The summed E-state index contributed by atoms with van der Waals surface area (Å²) in [5.74, 6) is -1.23. The Balaban J connectivity index is 2.10. The summed E-state index contributed by atoms with van der Waals surface area (Å²) in [7, 11) is 0. The van der Waals surface area contributed by atoms with Crippen molar-refractivity contribution < 1.29 is 9.59 Å². The number of rotatable bonds is 6. The summed E-state index contributed by atoms with van der Waals surface area (Å²) >= 11 is 3.44. The zero-order valence-corrected chi connectivity index (χ0v) is 18.1. The van der Waals surface area contributed by atoms with Crippen LogP contribution in [0.15, 0.2) is 46.0 Å². The molecule has 2 amide bonds. The summed E-state index contributed by atoms with van der Waals surface area (Å²) in [6.07, 6.45) is 1.50. The first-order valence-corrected chi connectivity index (χ1v) is 9.80. The molecular weight excluding hydrogens is 420 g/mol. The number of carbonyl (C=O) groups is 2. The van der Waals surface area contributed by atoms with Gasteiger partial charge in [-0.2, -0.15) is 5.10 Å².